The highest BCUT2D eigenvalue weighted by Crippen LogP contribution is 2.16. The fraction of sp³-hybridized carbons (Fsp3) is 0.143. The highest BCUT2D eigenvalue weighted by molar-refractivity contribution is 14.1. The van der Waals surface area contributed by atoms with Crippen molar-refractivity contribution in [3.63, 3.8) is 0 Å². The molecule has 1 rings (SSSR count). The van der Waals surface area contributed by atoms with Crippen LogP contribution in [0.3, 0.4) is 0 Å². The second-order valence-corrected chi connectivity index (χ2v) is 4.21. The fourth-order valence-electron chi connectivity index (χ4n) is 0.697. The maximum Gasteiger partial charge on any atom is 0.120 e. The molecule has 4 heteroatoms. The molecule has 0 saturated carbocycles. The number of aryl methyl sites for hydroxylation is 1. The molecule has 0 aliphatic carbocycles. The van der Waals surface area contributed by atoms with Crippen LogP contribution in [-0.4, -0.2) is 4.98 Å². The van der Waals surface area contributed by atoms with Gasteiger partial charge < -0.3 is 0 Å². The zero-order valence-electron chi connectivity index (χ0n) is 5.73. The number of rotatable bonds is 0. The first-order valence-corrected chi connectivity index (χ1v) is 5.03. The normalized spacial score (nSPS) is 9.27. The van der Waals surface area contributed by atoms with Crippen molar-refractivity contribution in [2.24, 2.45) is 0 Å². The molecule has 0 amide bonds. The summed E-state index contributed by atoms with van der Waals surface area (Å²) in [5.74, 6) is 0. The number of aromatic nitrogens is 1. The SMILES string of the molecule is Cc1cc(I)c(C#N)c(I)n1. The van der Waals surface area contributed by atoms with Crippen molar-refractivity contribution in [2.75, 3.05) is 0 Å². The van der Waals surface area contributed by atoms with E-state index in [0.717, 1.165) is 13.0 Å². The van der Waals surface area contributed by atoms with Crippen LogP contribution >= 0.6 is 45.2 Å². The molecule has 0 N–H and O–H groups in total. The second kappa shape index (κ2) is 3.67. The van der Waals surface area contributed by atoms with E-state index in [1.807, 2.05) is 13.0 Å². The summed E-state index contributed by atoms with van der Waals surface area (Å²) in [5, 5.41) is 8.69. The Morgan fingerprint density at radius 2 is 2.18 bits per heavy atom. The summed E-state index contributed by atoms with van der Waals surface area (Å²) in [4.78, 5) is 4.16. The Bertz CT molecular complexity index is 305. The van der Waals surface area contributed by atoms with Gasteiger partial charge in [-0.25, -0.2) is 4.98 Å². The van der Waals surface area contributed by atoms with Gasteiger partial charge in [0.25, 0.3) is 0 Å². The van der Waals surface area contributed by atoms with Gasteiger partial charge in [0.15, 0.2) is 0 Å². The first kappa shape index (κ1) is 9.19. The molecule has 0 spiro atoms. The minimum Gasteiger partial charge on any atom is -0.246 e. The molecule has 1 aromatic heterocycles. The van der Waals surface area contributed by atoms with Gasteiger partial charge in [-0.3, -0.25) is 0 Å². The first-order valence-electron chi connectivity index (χ1n) is 2.88. The Balaban J connectivity index is 3.40. The summed E-state index contributed by atoms with van der Waals surface area (Å²) in [6.07, 6.45) is 0. The number of pyridine rings is 1. The number of nitrogens with zero attached hydrogens (tertiary/aromatic N) is 2. The van der Waals surface area contributed by atoms with Crippen molar-refractivity contribution in [3.05, 3.63) is 24.6 Å². The van der Waals surface area contributed by atoms with Gasteiger partial charge in [-0.05, 0) is 58.2 Å². The molecule has 0 unspecified atom stereocenters. The fourth-order valence-corrected chi connectivity index (χ4v) is 2.83. The third-order valence-electron chi connectivity index (χ3n) is 1.17. The van der Waals surface area contributed by atoms with Crippen molar-refractivity contribution >= 4 is 45.2 Å². The number of hydrogen-bond donors (Lipinski definition) is 0. The number of hydrogen-bond acceptors (Lipinski definition) is 2. The number of halogens is 2. The highest BCUT2D eigenvalue weighted by Gasteiger charge is 2.05. The molecule has 0 aliphatic heterocycles. The highest BCUT2D eigenvalue weighted by atomic mass is 127. The summed E-state index contributed by atoms with van der Waals surface area (Å²) >= 11 is 4.22. The molecular weight excluding hydrogens is 366 g/mol. The molecular formula is C7H4I2N2. The maximum absolute atomic E-state index is 8.69. The van der Waals surface area contributed by atoms with E-state index in [1.54, 1.807) is 0 Å². The molecule has 0 atom stereocenters. The second-order valence-electron chi connectivity index (χ2n) is 2.02. The monoisotopic (exact) mass is 370 g/mol. The summed E-state index contributed by atoms with van der Waals surface area (Å²) in [5.41, 5.74) is 1.63. The summed E-state index contributed by atoms with van der Waals surface area (Å²) in [7, 11) is 0. The van der Waals surface area contributed by atoms with E-state index in [-0.39, 0.29) is 0 Å². The van der Waals surface area contributed by atoms with Crippen molar-refractivity contribution in [1.82, 2.24) is 4.98 Å². The quantitative estimate of drug-likeness (QED) is 0.520. The Morgan fingerprint density at radius 1 is 1.55 bits per heavy atom. The third-order valence-corrected chi connectivity index (χ3v) is 2.80. The van der Waals surface area contributed by atoms with Gasteiger partial charge in [0.1, 0.15) is 9.77 Å². The van der Waals surface area contributed by atoms with E-state index in [1.165, 1.54) is 0 Å². The molecule has 0 saturated heterocycles. The maximum atomic E-state index is 8.69. The van der Waals surface area contributed by atoms with E-state index >= 15 is 0 Å². The molecule has 0 fully saturated rings. The lowest BCUT2D eigenvalue weighted by Crippen LogP contribution is -1.93. The van der Waals surface area contributed by atoms with Gasteiger partial charge in [0.05, 0.1) is 5.56 Å². The molecule has 56 valence electrons. The summed E-state index contributed by atoms with van der Waals surface area (Å²) < 4.78 is 1.76. The van der Waals surface area contributed by atoms with Gasteiger partial charge >= 0.3 is 0 Å². The topological polar surface area (TPSA) is 36.7 Å². The van der Waals surface area contributed by atoms with Crippen molar-refractivity contribution in [1.29, 1.82) is 5.26 Å². The standard InChI is InChI=1S/C7H4I2N2/c1-4-2-6(8)5(3-10)7(9)11-4/h2H,1H3. The van der Waals surface area contributed by atoms with Crippen LogP contribution in [0.2, 0.25) is 0 Å². The Morgan fingerprint density at radius 3 is 2.64 bits per heavy atom. The zero-order valence-corrected chi connectivity index (χ0v) is 10.0. The van der Waals surface area contributed by atoms with Crippen molar-refractivity contribution in [2.45, 2.75) is 6.92 Å². The lowest BCUT2D eigenvalue weighted by Gasteiger charge is -1.98. The first-order chi connectivity index (χ1) is 5.15. The predicted molar refractivity (Wildman–Crippen MR) is 59.1 cm³/mol. The van der Waals surface area contributed by atoms with Crippen LogP contribution in [0.1, 0.15) is 11.3 Å². The van der Waals surface area contributed by atoms with Crippen molar-refractivity contribution < 1.29 is 0 Å². The van der Waals surface area contributed by atoms with E-state index in [4.69, 9.17) is 5.26 Å². The van der Waals surface area contributed by atoms with E-state index in [9.17, 15) is 0 Å². The van der Waals surface area contributed by atoms with Gasteiger partial charge in [-0.1, -0.05) is 0 Å². The van der Waals surface area contributed by atoms with Crippen LogP contribution in [0.25, 0.3) is 0 Å². The zero-order chi connectivity index (χ0) is 8.43. The minimum absolute atomic E-state index is 0.678. The van der Waals surface area contributed by atoms with Crippen LogP contribution < -0.4 is 0 Å². The summed E-state index contributed by atoms with van der Waals surface area (Å²) in [6.45, 7) is 1.92. The van der Waals surface area contributed by atoms with Gasteiger partial charge in [-0.15, -0.1) is 0 Å². The molecule has 1 heterocycles. The molecule has 0 radical (unpaired) electrons. The van der Waals surface area contributed by atoms with E-state index < -0.39 is 0 Å². The van der Waals surface area contributed by atoms with Crippen molar-refractivity contribution in [3.8, 4) is 6.07 Å². The molecule has 0 aromatic carbocycles. The number of nitriles is 1. The van der Waals surface area contributed by atoms with Gasteiger partial charge in [0, 0.05) is 9.26 Å². The summed E-state index contributed by atoms with van der Waals surface area (Å²) in [6, 6.07) is 4.02. The largest absolute Gasteiger partial charge is 0.246 e. The molecule has 0 aliphatic rings. The molecule has 1 aromatic rings. The van der Waals surface area contributed by atoms with Gasteiger partial charge in [-0.2, -0.15) is 5.26 Å². The minimum atomic E-state index is 0.678. The Kier molecular flexibility index (Phi) is 3.06. The van der Waals surface area contributed by atoms with Crippen LogP contribution in [0, 0.1) is 25.5 Å². The van der Waals surface area contributed by atoms with Gasteiger partial charge in [0.2, 0.25) is 0 Å². The lowest BCUT2D eigenvalue weighted by atomic mass is 10.3. The lowest BCUT2D eigenvalue weighted by molar-refractivity contribution is 1.14. The molecule has 2 nitrogen and oxygen atoms in total. The Labute approximate surface area is 92.3 Å². The van der Waals surface area contributed by atoms with Crippen LogP contribution in [0.15, 0.2) is 6.07 Å². The predicted octanol–water partition coefficient (Wildman–Crippen LogP) is 2.47. The molecule has 0 bridgehead atoms. The molecule has 11 heavy (non-hydrogen) atoms. The van der Waals surface area contributed by atoms with E-state index in [2.05, 4.69) is 56.2 Å². The Hall–Kier alpha value is 0.1000. The smallest absolute Gasteiger partial charge is 0.120 e. The average Bonchev–Trinajstić information content (AvgIpc) is 1.85. The van der Waals surface area contributed by atoms with Crippen LogP contribution in [-0.2, 0) is 0 Å². The third kappa shape index (κ3) is 2.02. The van der Waals surface area contributed by atoms with Crippen LogP contribution in [0.4, 0.5) is 0 Å². The average molecular weight is 370 g/mol. The van der Waals surface area contributed by atoms with Crippen LogP contribution in [0.5, 0.6) is 0 Å². The van der Waals surface area contributed by atoms with E-state index in [0.29, 0.717) is 5.56 Å².